The van der Waals surface area contributed by atoms with Gasteiger partial charge in [-0.05, 0) is 43.5 Å². The van der Waals surface area contributed by atoms with Crippen LogP contribution in [0.15, 0.2) is 49.2 Å². The predicted molar refractivity (Wildman–Crippen MR) is 112 cm³/mol. The molecule has 1 saturated heterocycles. The Bertz CT molecular complexity index is 1170. The first-order valence-corrected chi connectivity index (χ1v) is 9.92. The lowest BCUT2D eigenvalue weighted by Crippen LogP contribution is -2.36. The van der Waals surface area contributed by atoms with Crippen molar-refractivity contribution in [1.29, 1.82) is 0 Å². The Kier molecular flexibility index (Phi) is 4.70. The van der Waals surface area contributed by atoms with Crippen molar-refractivity contribution < 1.29 is 4.39 Å². The molecule has 0 radical (unpaired) electrons. The summed E-state index contributed by atoms with van der Waals surface area (Å²) in [5, 5.41) is 8.44. The average Bonchev–Trinajstić information content (AvgIpc) is 3.22. The van der Waals surface area contributed by atoms with E-state index in [1.807, 2.05) is 23.7 Å². The highest BCUT2D eigenvalue weighted by Crippen LogP contribution is 2.30. The van der Waals surface area contributed by atoms with Crippen LogP contribution in [0, 0.1) is 12.7 Å². The molecular weight excluding hydrogens is 383 g/mol. The van der Waals surface area contributed by atoms with E-state index < -0.39 is 0 Å². The third-order valence-corrected chi connectivity index (χ3v) is 5.41. The van der Waals surface area contributed by atoms with Crippen molar-refractivity contribution in [2.75, 3.05) is 23.3 Å². The van der Waals surface area contributed by atoms with E-state index in [0.717, 1.165) is 48.5 Å². The molecule has 1 aromatic carbocycles. The summed E-state index contributed by atoms with van der Waals surface area (Å²) in [6.07, 6.45) is 8.58. The number of fused-ring (bicyclic) bond motifs is 1. The van der Waals surface area contributed by atoms with E-state index >= 15 is 0 Å². The van der Waals surface area contributed by atoms with Crippen LogP contribution in [0.2, 0.25) is 0 Å². The van der Waals surface area contributed by atoms with Gasteiger partial charge in [-0.25, -0.2) is 29.0 Å². The minimum absolute atomic E-state index is 0.223. The van der Waals surface area contributed by atoms with Crippen molar-refractivity contribution in [2.24, 2.45) is 0 Å². The van der Waals surface area contributed by atoms with Crippen LogP contribution in [0.5, 0.6) is 0 Å². The Balaban J connectivity index is 1.37. The number of anilines is 3. The van der Waals surface area contributed by atoms with Gasteiger partial charge in [0.1, 0.15) is 18.0 Å². The molecule has 1 fully saturated rings. The van der Waals surface area contributed by atoms with Gasteiger partial charge >= 0.3 is 0 Å². The Morgan fingerprint density at radius 2 is 1.87 bits per heavy atom. The fraction of sp³-hybridized carbons (Fsp3) is 0.286. The molecule has 0 saturated carbocycles. The van der Waals surface area contributed by atoms with Crippen LogP contribution in [-0.4, -0.2) is 42.8 Å². The molecule has 0 atom stereocenters. The van der Waals surface area contributed by atoms with Gasteiger partial charge in [0.15, 0.2) is 5.65 Å². The Hall–Kier alpha value is -3.62. The van der Waals surface area contributed by atoms with Gasteiger partial charge in [-0.2, -0.15) is 5.10 Å². The number of nitrogens with one attached hydrogen (secondary N) is 1. The Morgan fingerprint density at radius 3 is 2.63 bits per heavy atom. The van der Waals surface area contributed by atoms with Gasteiger partial charge in [0.05, 0.1) is 23.3 Å². The fourth-order valence-corrected chi connectivity index (χ4v) is 3.84. The van der Waals surface area contributed by atoms with Crippen molar-refractivity contribution in [3.05, 3.63) is 60.6 Å². The van der Waals surface area contributed by atoms with Crippen molar-refractivity contribution >= 4 is 28.5 Å². The zero-order valence-corrected chi connectivity index (χ0v) is 16.5. The van der Waals surface area contributed by atoms with Gasteiger partial charge < -0.3 is 10.2 Å². The molecular formula is C21H21FN8. The maximum atomic E-state index is 14.3. The van der Waals surface area contributed by atoms with Gasteiger partial charge in [0, 0.05) is 25.5 Å². The first-order valence-electron chi connectivity index (χ1n) is 9.92. The normalized spacial score (nSPS) is 14.9. The second kappa shape index (κ2) is 7.66. The molecule has 1 aliphatic rings. The van der Waals surface area contributed by atoms with E-state index in [1.165, 1.54) is 12.4 Å². The van der Waals surface area contributed by atoms with E-state index in [-0.39, 0.29) is 11.9 Å². The summed E-state index contributed by atoms with van der Waals surface area (Å²) in [6.45, 7) is 3.55. The maximum absolute atomic E-state index is 14.3. The molecule has 9 heteroatoms. The number of rotatable bonds is 4. The second-order valence-electron chi connectivity index (χ2n) is 7.42. The largest absolute Gasteiger partial charge is 0.341 e. The number of aromatic nitrogens is 6. The maximum Gasteiger partial charge on any atom is 0.225 e. The molecule has 1 N–H and O–H groups in total. The molecule has 4 aromatic rings. The summed E-state index contributed by atoms with van der Waals surface area (Å²) < 4.78 is 16.2. The van der Waals surface area contributed by atoms with Crippen molar-refractivity contribution in [3.63, 3.8) is 0 Å². The minimum atomic E-state index is -0.315. The summed E-state index contributed by atoms with van der Waals surface area (Å²) in [6, 6.07) is 7.11. The zero-order valence-electron chi connectivity index (χ0n) is 16.5. The van der Waals surface area contributed by atoms with E-state index in [0.29, 0.717) is 11.5 Å². The van der Waals surface area contributed by atoms with Gasteiger partial charge in [-0.15, -0.1) is 0 Å². The minimum Gasteiger partial charge on any atom is -0.341 e. The lowest BCUT2D eigenvalue weighted by atomic mass is 10.1. The quantitative estimate of drug-likeness (QED) is 0.556. The summed E-state index contributed by atoms with van der Waals surface area (Å²) in [5.74, 6) is 0.990. The monoisotopic (exact) mass is 404 g/mol. The summed E-state index contributed by atoms with van der Waals surface area (Å²) >= 11 is 0. The van der Waals surface area contributed by atoms with Crippen molar-refractivity contribution in [3.8, 4) is 0 Å². The molecule has 0 spiro atoms. The lowest BCUT2D eigenvalue weighted by Gasteiger charge is -2.32. The van der Waals surface area contributed by atoms with Crippen LogP contribution in [0.1, 0.15) is 24.4 Å². The van der Waals surface area contributed by atoms with Gasteiger partial charge in [-0.3, -0.25) is 0 Å². The molecule has 4 heterocycles. The lowest BCUT2D eigenvalue weighted by molar-refractivity contribution is 0.372. The van der Waals surface area contributed by atoms with Gasteiger partial charge in [-0.1, -0.05) is 6.07 Å². The smallest absolute Gasteiger partial charge is 0.225 e. The van der Waals surface area contributed by atoms with Crippen LogP contribution in [0.4, 0.5) is 21.8 Å². The summed E-state index contributed by atoms with van der Waals surface area (Å²) in [7, 11) is 0. The van der Waals surface area contributed by atoms with E-state index in [9.17, 15) is 4.39 Å². The van der Waals surface area contributed by atoms with E-state index in [4.69, 9.17) is 0 Å². The molecule has 1 aliphatic heterocycles. The molecule has 8 nitrogen and oxygen atoms in total. The van der Waals surface area contributed by atoms with Crippen LogP contribution in [0.3, 0.4) is 0 Å². The number of piperidine rings is 1. The van der Waals surface area contributed by atoms with Crippen molar-refractivity contribution in [1.82, 2.24) is 29.7 Å². The molecule has 0 bridgehead atoms. The van der Waals surface area contributed by atoms with Crippen LogP contribution < -0.4 is 10.2 Å². The number of aryl methyl sites for hydroxylation is 1. The molecule has 30 heavy (non-hydrogen) atoms. The predicted octanol–water partition coefficient (Wildman–Crippen LogP) is 3.65. The number of hydrogen-bond acceptors (Lipinski definition) is 7. The molecule has 0 amide bonds. The SMILES string of the molecule is Cc1ccc(Nc2ncnc3c2cnn3C2CCN(c3ncccn3)CC2)c(F)c1. The average molecular weight is 404 g/mol. The van der Waals surface area contributed by atoms with Crippen LogP contribution in [-0.2, 0) is 0 Å². The van der Waals surface area contributed by atoms with Crippen LogP contribution in [0.25, 0.3) is 11.0 Å². The fourth-order valence-electron chi connectivity index (χ4n) is 3.84. The summed E-state index contributed by atoms with van der Waals surface area (Å²) in [5.41, 5.74) is 1.99. The number of nitrogens with zero attached hydrogens (tertiary/aromatic N) is 7. The van der Waals surface area contributed by atoms with E-state index in [1.54, 1.807) is 24.7 Å². The molecule has 0 unspecified atom stereocenters. The number of halogens is 1. The first-order chi connectivity index (χ1) is 14.7. The molecule has 5 rings (SSSR count). The van der Waals surface area contributed by atoms with Crippen molar-refractivity contribution in [2.45, 2.75) is 25.8 Å². The molecule has 152 valence electrons. The second-order valence-corrected chi connectivity index (χ2v) is 7.42. The highest BCUT2D eigenvalue weighted by atomic mass is 19.1. The number of hydrogen-bond donors (Lipinski definition) is 1. The Morgan fingerprint density at radius 1 is 1.07 bits per heavy atom. The molecule has 0 aliphatic carbocycles. The number of benzene rings is 1. The zero-order chi connectivity index (χ0) is 20.5. The van der Waals surface area contributed by atoms with E-state index in [2.05, 4.69) is 35.3 Å². The van der Waals surface area contributed by atoms with Crippen LogP contribution >= 0.6 is 0 Å². The molecule has 3 aromatic heterocycles. The topological polar surface area (TPSA) is 84.7 Å². The highest BCUT2D eigenvalue weighted by Gasteiger charge is 2.24. The standard InChI is InChI=1S/C21H21FN8/c1-14-3-4-18(17(22)11-14)28-19-16-12-27-30(20(16)26-13-25-19)15-5-9-29(10-6-15)21-23-7-2-8-24-21/h2-4,7-8,11-13,15H,5-6,9-10H2,1H3,(H,25,26,28). The first kappa shape index (κ1) is 18.4. The highest BCUT2D eigenvalue weighted by molar-refractivity contribution is 5.88. The van der Waals surface area contributed by atoms with Gasteiger partial charge in [0.25, 0.3) is 0 Å². The third-order valence-electron chi connectivity index (χ3n) is 5.41. The Labute approximate surface area is 172 Å². The summed E-state index contributed by atoms with van der Waals surface area (Å²) in [4.78, 5) is 19.6. The third kappa shape index (κ3) is 3.42. The van der Waals surface area contributed by atoms with Gasteiger partial charge in [0.2, 0.25) is 5.95 Å².